The van der Waals surface area contributed by atoms with E-state index in [-0.39, 0.29) is 30.3 Å². The molecular formula is C19H21ClN4O3S. The first kappa shape index (κ1) is 19.4. The molecule has 0 bridgehead atoms. The van der Waals surface area contributed by atoms with E-state index in [2.05, 4.69) is 15.8 Å². The number of nitrogens with one attached hydrogen (secondary N) is 2. The molecule has 1 aliphatic rings. The molecule has 3 N–H and O–H groups in total. The highest BCUT2D eigenvalue weighted by Gasteiger charge is 2.43. The molecule has 1 fully saturated rings. The van der Waals surface area contributed by atoms with Gasteiger partial charge in [0.2, 0.25) is 0 Å². The number of carbonyl (C=O) groups excluding carboxylic acids is 1. The summed E-state index contributed by atoms with van der Waals surface area (Å²) in [4.78, 5) is 17.4. The topological polar surface area (TPSA) is 87.9 Å². The number of methoxy groups -OCH3 is 1. The third-order valence-corrected chi connectivity index (χ3v) is 6.26. The summed E-state index contributed by atoms with van der Waals surface area (Å²) in [6, 6.07) is 9.92. The lowest BCUT2D eigenvalue weighted by molar-refractivity contribution is -0.141. The van der Waals surface area contributed by atoms with E-state index in [0.717, 1.165) is 16.2 Å². The lowest BCUT2D eigenvalue weighted by Crippen LogP contribution is -2.36. The highest BCUT2D eigenvalue weighted by Crippen LogP contribution is 2.39. The molecule has 0 amide bonds. The molecule has 0 saturated carbocycles. The zero-order chi connectivity index (χ0) is 19.7. The third kappa shape index (κ3) is 3.66. The Morgan fingerprint density at radius 1 is 1.39 bits per heavy atom. The Morgan fingerprint density at radius 2 is 2.18 bits per heavy atom. The molecule has 2 aromatic heterocycles. The Bertz CT molecular complexity index is 961. The number of aliphatic hydroxyl groups excluding tert-OH is 1. The van der Waals surface area contributed by atoms with E-state index in [1.165, 1.54) is 18.4 Å². The smallest absolute Gasteiger partial charge is 0.306 e. The first-order valence-electron chi connectivity index (χ1n) is 8.99. The van der Waals surface area contributed by atoms with Gasteiger partial charge in [-0.3, -0.25) is 14.6 Å². The van der Waals surface area contributed by atoms with Crippen molar-refractivity contribution in [2.24, 2.45) is 5.92 Å². The van der Waals surface area contributed by atoms with E-state index in [0.29, 0.717) is 11.6 Å². The fourth-order valence-electron chi connectivity index (χ4n) is 3.95. The SMILES string of the molecule is COC(=O)CC(c1c(Cl)nc2sccn12)C1C(O)NNC1Cc1ccccc1. The molecule has 1 aliphatic heterocycles. The number of fused-ring (bicyclic) bond motifs is 1. The van der Waals surface area contributed by atoms with E-state index in [4.69, 9.17) is 16.3 Å². The fourth-order valence-corrected chi connectivity index (χ4v) is 5.03. The van der Waals surface area contributed by atoms with E-state index in [1.807, 2.05) is 46.3 Å². The number of thiazole rings is 1. The van der Waals surface area contributed by atoms with Gasteiger partial charge in [-0.05, 0) is 12.0 Å². The highest BCUT2D eigenvalue weighted by molar-refractivity contribution is 7.15. The number of hydrogen-bond acceptors (Lipinski definition) is 7. The number of hydrogen-bond donors (Lipinski definition) is 3. The van der Waals surface area contributed by atoms with Crippen molar-refractivity contribution < 1.29 is 14.6 Å². The lowest BCUT2D eigenvalue weighted by Gasteiger charge is -2.29. The van der Waals surface area contributed by atoms with Crippen LogP contribution in [0, 0.1) is 5.92 Å². The van der Waals surface area contributed by atoms with Crippen molar-refractivity contribution >= 4 is 33.9 Å². The quantitative estimate of drug-likeness (QED) is 0.530. The normalized spacial score (nSPS) is 23.2. The first-order chi connectivity index (χ1) is 13.6. The number of aliphatic hydroxyl groups is 1. The third-order valence-electron chi connectivity index (χ3n) is 5.23. The minimum Gasteiger partial charge on any atom is -0.469 e. The summed E-state index contributed by atoms with van der Waals surface area (Å²) in [5, 5.41) is 13.0. The van der Waals surface area contributed by atoms with Crippen LogP contribution in [0.25, 0.3) is 4.96 Å². The van der Waals surface area contributed by atoms with E-state index in [9.17, 15) is 9.90 Å². The zero-order valence-electron chi connectivity index (χ0n) is 15.2. The lowest BCUT2D eigenvalue weighted by atomic mass is 9.79. The summed E-state index contributed by atoms with van der Waals surface area (Å²) >= 11 is 7.93. The van der Waals surface area contributed by atoms with Gasteiger partial charge in [0, 0.05) is 29.5 Å². The van der Waals surface area contributed by atoms with Crippen LogP contribution in [0.4, 0.5) is 0 Å². The number of imidazole rings is 1. The molecule has 0 aliphatic carbocycles. The molecule has 9 heteroatoms. The van der Waals surface area contributed by atoms with Crippen LogP contribution in [0.15, 0.2) is 41.9 Å². The Morgan fingerprint density at radius 3 is 2.93 bits per heavy atom. The molecule has 4 atom stereocenters. The van der Waals surface area contributed by atoms with Crippen molar-refractivity contribution in [3.8, 4) is 0 Å². The minimum absolute atomic E-state index is 0.0935. The number of hydrazine groups is 1. The molecule has 1 aromatic carbocycles. The second-order valence-electron chi connectivity index (χ2n) is 6.84. The van der Waals surface area contributed by atoms with Gasteiger partial charge in [0.1, 0.15) is 6.23 Å². The number of ether oxygens (including phenoxy) is 1. The number of rotatable bonds is 6. The van der Waals surface area contributed by atoms with Crippen molar-refractivity contribution in [3.05, 3.63) is 58.3 Å². The van der Waals surface area contributed by atoms with Gasteiger partial charge in [-0.1, -0.05) is 41.9 Å². The number of esters is 1. The molecule has 3 aromatic rings. The maximum absolute atomic E-state index is 12.2. The number of benzene rings is 1. The van der Waals surface area contributed by atoms with Crippen LogP contribution < -0.4 is 10.9 Å². The summed E-state index contributed by atoms with van der Waals surface area (Å²) in [6.45, 7) is 0. The maximum Gasteiger partial charge on any atom is 0.306 e. The Kier molecular flexibility index (Phi) is 5.65. The van der Waals surface area contributed by atoms with Crippen LogP contribution in [-0.2, 0) is 16.0 Å². The Labute approximate surface area is 171 Å². The number of nitrogens with zero attached hydrogens (tertiary/aromatic N) is 2. The minimum atomic E-state index is -0.844. The molecule has 7 nitrogen and oxygen atoms in total. The van der Waals surface area contributed by atoms with Crippen molar-refractivity contribution in [2.45, 2.75) is 31.0 Å². The molecule has 148 valence electrons. The van der Waals surface area contributed by atoms with Gasteiger partial charge in [-0.15, -0.1) is 11.3 Å². The largest absolute Gasteiger partial charge is 0.469 e. The van der Waals surface area contributed by atoms with E-state index >= 15 is 0 Å². The molecule has 1 saturated heterocycles. The summed E-state index contributed by atoms with van der Waals surface area (Å²) in [7, 11) is 1.36. The molecular weight excluding hydrogens is 400 g/mol. The van der Waals surface area contributed by atoms with Crippen LogP contribution in [0.1, 0.15) is 23.6 Å². The number of aromatic nitrogens is 2. The van der Waals surface area contributed by atoms with Gasteiger partial charge in [0.05, 0.1) is 19.2 Å². The Balaban J connectivity index is 1.72. The van der Waals surface area contributed by atoms with Crippen molar-refractivity contribution in [1.82, 2.24) is 20.2 Å². The summed E-state index contributed by atoms with van der Waals surface area (Å²) in [6.07, 6.45) is 1.82. The molecule has 3 heterocycles. The molecule has 4 unspecified atom stereocenters. The van der Waals surface area contributed by atoms with Crippen LogP contribution in [-0.4, -0.2) is 39.8 Å². The maximum atomic E-state index is 12.2. The summed E-state index contributed by atoms with van der Waals surface area (Å²) in [5.41, 5.74) is 7.95. The van der Waals surface area contributed by atoms with Gasteiger partial charge >= 0.3 is 5.97 Å². The monoisotopic (exact) mass is 420 g/mol. The summed E-state index contributed by atoms with van der Waals surface area (Å²) in [5.74, 6) is -1.05. The van der Waals surface area contributed by atoms with Gasteiger partial charge < -0.3 is 9.84 Å². The molecule has 0 radical (unpaired) electrons. The van der Waals surface area contributed by atoms with Gasteiger partial charge in [-0.2, -0.15) is 0 Å². The zero-order valence-corrected chi connectivity index (χ0v) is 16.8. The van der Waals surface area contributed by atoms with Gasteiger partial charge in [0.25, 0.3) is 0 Å². The van der Waals surface area contributed by atoms with E-state index < -0.39 is 6.23 Å². The average Bonchev–Trinajstić information content (AvgIpc) is 3.36. The van der Waals surface area contributed by atoms with Crippen LogP contribution >= 0.6 is 22.9 Å². The van der Waals surface area contributed by atoms with Gasteiger partial charge in [-0.25, -0.2) is 10.4 Å². The second kappa shape index (κ2) is 8.18. The van der Waals surface area contributed by atoms with Crippen molar-refractivity contribution in [1.29, 1.82) is 0 Å². The van der Waals surface area contributed by atoms with Crippen LogP contribution in [0.2, 0.25) is 5.15 Å². The standard InChI is InChI=1S/C19H21ClN4O3S/c1-27-14(25)10-12(16-17(20)21-19-24(16)7-8-28-19)15-13(22-23-18(15)26)9-11-5-3-2-4-6-11/h2-8,12-13,15,18,22-23,26H,9-10H2,1H3. The van der Waals surface area contributed by atoms with E-state index in [1.54, 1.807) is 0 Å². The van der Waals surface area contributed by atoms with Gasteiger partial charge in [0.15, 0.2) is 10.1 Å². The fraction of sp³-hybridized carbons (Fsp3) is 0.368. The molecule has 0 spiro atoms. The predicted molar refractivity (Wildman–Crippen MR) is 107 cm³/mol. The molecule has 4 rings (SSSR count). The predicted octanol–water partition coefficient (Wildman–Crippen LogP) is 2.35. The van der Waals surface area contributed by atoms with Crippen molar-refractivity contribution in [3.63, 3.8) is 0 Å². The van der Waals surface area contributed by atoms with Crippen molar-refractivity contribution in [2.75, 3.05) is 7.11 Å². The molecule has 28 heavy (non-hydrogen) atoms. The average molecular weight is 421 g/mol. The van der Waals surface area contributed by atoms with Crippen LogP contribution in [0.3, 0.4) is 0 Å². The summed E-state index contributed by atoms with van der Waals surface area (Å²) < 4.78 is 6.82. The highest BCUT2D eigenvalue weighted by atomic mass is 35.5. The number of halogens is 1. The van der Waals surface area contributed by atoms with Crippen LogP contribution in [0.5, 0.6) is 0 Å². The first-order valence-corrected chi connectivity index (χ1v) is 10.2. The number of carbonyl (C=O) groups is 1. The Hall–Kier alpha value is -1.97. The second-order valence-corrected chi connectivity index (χ2v) is 8.07.